The summed E-state index contributed by atoms with van der Waals surface area (Å²) in [5.74, 6) is 6.02. The standard InChI is InChI=1S/C34H52O4S.C29H42O3S.C5H10O.3CH4/c1-22(2)30(35)20-31(39(37,38)25-10-8-7-9-11-25)23(3)27-14-15-28-26-13-12-24-21-32(4,36)18-19-33(24,5)29(26)16-17-34(27,28)6;1-20(19-33(31,32)22-8-6-5-7-9-22)24-12-13-25-23-11-10-21-18-27(2,30)16-17-28(21,3)26(23)14-15-29(24,25)4;1-4(2)5-3-6-5;;;/h7-12,22-23,26-31,35-36H,13-21H2,1-6H3;5-10,20,23-26,30H,11-19H2,1-4H3;4-5H,3H2,1-2H3;3*1H4/t23-,26-,27+,28-,29-,30-,31?,32-,33-,34+;20-,23+,24-,25+,26+,27+,28+,29-;5-;;;/m010.../s1. The quantitative estimate of drug-likeness (QED) is 0.141. The van der Waals surface area contributed by atoms with Gasteiger partial charge in [0.25, 0.3) is 0 Å². The smallest absolute Gasteiger partial charge is 0.181 e. The van der Waals surface area contributed by atoms with Gasteiger partial charge in [-0.25, -0.2) is 16.8 Å². The number of sulfone groups is 2. The van der Waals surface area contributed by atoms with Crippen LogP contribution in [-0.4, -0.2) is 73.2 Å². The molecule has 10 heteroatoms. The lowest BCUT2D eigenvalue weighted by molar-refractivity contribution is -0.0707. The van der Waals surface area contributed by atoms with Crippen LogP contribution in [0.5, 0.6) is 0 Å². The molecule has 7 fully saturated rings. The van der Waals surface area contributed by atoms with E-state index in [1.54, 1.807) is 36.4 Å². The van der Waals surface area contributed by atoms with Crippen molar-refractivity contribution in [1.29, 1.82) is 0 Å². The molecule has 8 nitrogen and oxygen atoms in total. The molecule has 0 aromatic heterocycles. The van der Waals surface area contributed by atoms with Gasteiger partial charge in [-0.15, -0.1) is 0 Å². The number of allylic oxidation sites excluding steroid dienone is 2. The van der Waals surface area contributed by atoms with E-state index in [2.05, 4.69) is 67.5 Å². The van der Waals surface area contributed by atoms with E-state index in [-0.39, 0.29) is 67.4 Å². The summed E-state index contributed by atoms with van der Waals surface area (Å²) in [6.45, 7) is 27.6. The average molecular weight is 1160 g/mol. The van der Waals surface area contributed by atoms with Gasteiger partial charge in [-0.2, -0.15) is 0 Å². The highest BCUT2D eigenvalue weighted by Gasteiger charge is 2.62. The third-order valence-electron chi connectivity index (χ3n) is 24.2. The van der Waals surface area contributed by atoms with Crippen LogP contribution in [0.1, 0.15) is 215 Å². The summed E-state index contributed by atoms with van der Waals surface area (Å²) in [6.07, 6.45) is 22.6. The van der Waals surface area contributed by atoms with Gasteiger partial charge in [-0.3, -0.25) is 0 Å². The Morgan fingerprint density at radius 2 is 1.00 bits per heavy atom. The maximum absolute atomic E-state index is 14.1. The molecule has 19 atom stereocenters. The number of rotatable bonds is 12. The molecule has 8 aliphatic carbocycles. The second-order valence-electron chi connectivity index (χ2n) is 29.8. The van der Waals surface area contributed by atoms with Crippen LogP contribution in [0.2, 0.25) is 0 Å². The highest BCUT2D eigenvalue weighted by atomic mass is 32.2. The zero-order valence-electron chi connectivity index (χ0n) is 50.2. The predicted molar refractivity (Wildman–Crippen MR) is 336 cm³/mol. The highest BCUT2D eigenvalue weighted by molar-refractivity contribution is 7.92. The Labute approximate surface area is 495 Å². The van der Waals surface area contributed by atoms with E-state index < -0.39 is 42.2 Å². The van der Waals surface area contributed by atoms with E-state index in [0.29, 0.717) is 69.7 Å². The fourth-order valence-electron chi connectivity index (χ4n) is 19.3. The summed E-state index contributed by atoms with van der Waals surface area (Å²) in [6, 6.07) is 17.9. The van der Waals surface area contributed by atoms with Crippen molar-refractivity contribution in [3.8, 4) is 0 Å². The third kappa shape index (κ3) is 13.2. The molecule has 0 amide bonds. The largest absolute Gasteiger partial charge is 0.393 e. The monoisotopic (exact) mass is 1160 g/mol. The number of hydrogen-bond acceptors (Lipinski definition) is 8. The summed E-state index contributed by atoms with van der Waals surface area (Å²) in [7, 11) is -6.84. The average Bonchev–Trinajstić information content (AvgIpc) is 3.95. The van der Waals surface area contributed by atoms with Gasteiger partial charge in [-0.1, -0.05) is 151 Å². The zero-order valence-corrected chi connectivity index (χ0v) is 51.9. The Morgan fingerprint density at radius 3 is 1.42 bits per heavy atom. The molecule has 0 radical (unpaired) electrons. The van der Waals surface area contributed by atoms with Crippen molar-refractivity contribution in [1.82, 2.24) is 0 Å². The molecule has 2 aromatic carbocycles. The van der Waals surface area contributed by atoms with Crippen molar-refractivity contribution in [2.45, 2.75) is 253 Å². The number of aliphatic hydroxyl groups is 3. The summed E-state index contributed by atoms with van der Waals surface area (Å²) in [4.78, 5) is 0.846. The number of benzene rings is 2. The number of fused-ring (bicyclic) bond motifs is 10. The molecule has 1 heterocycles. The van der Waals surface area contributed by atoms with Crippen LogP contribution < -0.4 is 0 Å². The maximum atomic E-state index is 14.1. The second kappa shape index (κ2) is 25.2. The Balaban J connectivity index is 0.000000230. The minimum absolute atomic E-state index is 0. The van der Waals surface area contributed by atoms with E-state index >= 15 is 0 Å². The van der Waals surface area contributed by atoms with Crippen LogP contribution in [0.3, 0.4) is 0 Å². The molecule has 9 aliphatic rings. The summed E-state index contributed by atoms with van der Waals surface area (Å²) < 4.78 is 59.4. The lowest BCUT2D eigenvalue weighted by Gasteiger charge is -2.59. The predicted octanol–water partition coefficient (Wildman–Crippen LogP) is 16.6. The van der Waals surface area contributed by atoms with Crippen LogP contribution in [0.15, 0.2) is 93.8 Å². The van der Waals surface area contributed by atoms with Gasteiger partial charge in [0, 0.05) is 0 Å². The van der Waals surface area contributed by atoms with Gasteiger partial charge >= 0.3 is 0 Å². The Kier molecular flexibility index (Phi) is 21.1. The molecule has 1 aliphatic heterocycles. The van der Waals surface area contributed by atoms with Crippen LogP contribution in [0.25, 0.3) is 0 Å². The first-order valence-electron chi connectivity index (χ1n) is 31.2. The topological polar surface area (TPSA) is 141 Å². The molecule has 1 unspecified atom stereocenters. The van der Waals surface area contributed by atoms with E-state index in [9.17, 15) is 32.2 Å². The Morgan fingerprint density at radius 1 is 0.568 bits per heavy atom. The van der Waals surface area contributed by atoms with E-state index in [4.69, 9.17) is 4.74 Å². The number of ether oxygens (including phenoxy) is 1. The molecule has 11 rings (SSSR count). The van der Waals surface area contributed by atoms with Crippen molar-refractivity contribution < 1.29 is 36.9 Å². The van der Waals surface area contributed by atoms with E-state index in [1.165, 1.54) is 43.3 Å². The first-order valence-corrected chi connectivity index (χ1v) is 34.4. The van der Waals surface area contributed by atoms with Crippen molar-refractivity contribution in [2.75, 3.05) is 12.4 Å². The second-order valence-corrected chi connectivity index (χ2v) is 34.0. The van der Waals surface area contributed by atoms with Gasteiger partial charge in [0.1, 0.15) is 0 Å². The van der Waals surface area contributed by atoms with Crippen LogP contribution >= 0.6 is 0 Å². The number of epoxide rings is 1. The first kappa shape index (κ1) is 67.8. The number of hydrogen-bond donors (Lipinski definition) is 3. The van der Waals surface area contributed by atoms with Gasteiger partial charge in [-0.05, 0) is 240 Å². The van der Waals surface area contributed by atoms with Crippen LogP contribution in [0, 0.1) is 92.7 Å². The molecule has 460 valence electrons. The first-order chi connectivity index (χ1) is 36.5. The minimum atomic E-state index is -3.58. The SMILES string of the molecule is C.C.C.CC(C)[C@@H](O)CC([C@@H](C)[C@H]1CC[C@H]2[C@@H]3CC=C4C[C@@](C)(O)CC[C@]4(C)[C@H]3CC[C@]12C)S(=O)(=O)c1ccccc1.CC(C)[C@@H]1CO1.C[C@H](CS(=O)(=O)c1ccccc1)[C@H]1CC[C@H]2[C@@H]3CC=C4C[C@@](C)(O)CC[C@]4(C)[C@H]3CC[C@]12C. The lowest BCUT2D eigenvalue weighted by atomic mass is 9.46. The molecular formula is C71H116O8S2. The summed E-state index contributed by atoms with van der Waals surface area (Å²) in [5.41, 5.74) is 2.69. The van der Waals surface area contributed by atoms with Crippen molar-refractivity contribution in [2.24, 2.45) is 92.7 Å². The highest BCUT2D eigenvalue weighted by Crippen LogP contribution is 2.70. The Hall–Kier alpha value is -2.34. The van der Waals surface area contributed by atoms with Crippen LogP contribution in [0.4, 0.5) is 0 Å². The third-order valence-corrected chi connectivity index (χ3v) is 28.5. The molecule has 81 heavy (non-hydrogen) atoms. The number of aliphatic hydroxyl groups excluding tert-OH is 1. The molecule has 0 bridgehead atoms. The van der Waals surface area contributed by atoms with Crippen molar-refractivity contribution >= 4 is 19.7 Å². The van der Waals surface area contributed by atoms with Crippen molar-refractivity contribution in [3.05, 3.63) is 84.0 Å². The molecular weight excluding hydrogens is 1040 g/mol. The normalized spacial score (nSPS) is 39.7. The molecule has 0 spiro atoms. The van der Waals surface area contributed by atoms with Gasteiger partial charge in [0.15, 0.2) is 19.7 Å². The fourth-order valence-corrected chi connectivity index (χ4v) is 23.1. The summed E-state index contributed by atoms with van der Waals surface area (Å²) in [5, 5.41) is 31.8. The molecule has 2 aromatic rings. The minimum Gasteiger partial charge on any atom is -0.393 e. The molecule has 6 saturated carbocycles. The zero-order chi connectivity index (χ0) is 56.6. The van der Waals surface area contributed by atoms with E-state index in [1.807, 2.05) is 52.0 Å². The summed E-state index contributed by atoms with van der Waals surface area (Å²) >= 11 is 0. The van der Waals surface area contributed by atoms with Crippen molar-refractivity contribution in [3.63, 3.8) is 0 Å². The van der Waals surface area contributed by atoms with Gasteiger partial charge in [0.2, 0.25) is 0 Å². The maximum Gasteiger partial charge on any atom is 0.181 e. The molecule has 1 saturated heterocycles. The van der Waals surface area contributed by atoms with Gasteiger partial charge in [0.05, 0.1) is 50.8 Å². The van der Waals surface area contributed by atoms with Crippen LogP contribution in [-0.2, 0) is 24.4 Å². The molecule has 3 N–H and O–H groups in total. The van der Waals surface area contributed by atoms with Gasteiger partial charge < -0.3 is 20.1 Å². The Bertz CT molecular complexity index is 2690. The van der Waals surface area contributed by atoms with E-state index in [0.717, 1.165) is 83.2 Å². The lowest BCUT2D eigenvalue weighted by Crippen LogP contribution is -2.52. The fraction of sp³-hybridized carbons (Fsp3) is 0.775.